The molecule has 12 nitrogen and oxygen atoms in total. The van der Waals surface area contributed by atoms with E-state index in [4.69, 9.17) is 14.2 Å². The van der Waals surface area contributed by atoms with Crippen LogP contribution in [0.2, 0.25) is 0 Å². The summed E-state index contributed by atoms with van der Waals surface area (Å²) in [5.74, 6) is -6.18. The second-order valence-electron chi connectivity index (χ2n) is 15.8. The lowest BCUT2D eigenvalue weighted by Gasteiger charge is -2.37. The summed E-state index contributed by atoms with van der Waals surface area (Å²) in [6, 6.07) is 23.4. The largest absolute Gasteiger partial charge is 0.450 e. The van der Waals surface area contributed by atoms with Gasteiger partial charge in [0, 0.05) is 40.4 Å². The zero-order valence-electron chi connectivity index (χ0n) is 34.5. The Morgan fingerprint density at radius 2 is 0.614 bits per heavy atom. The minimum Gasteiger partial charge on any atom is -0.450 e. The molecule has 12 heteroatoms. The summed E-state index contributed by atoms with van der Waals surface area (Å²) < 4.78 is 18.1. The molecule has 1 saturated heterocycles. The van der Waals surface area contributed by atoms with Gasteiger partial charge in [0.2, 0.25) is 0 Å². The molecular formula is C45H57N3O9. The van der Waals surface area contributed by atoms with Crippen molar-refractivity contribution in [1.29, 1.82) is 0 Å². The Kier molecular flexibility index (Phi) is 15.6. The van der Waals surface area contributed by atoms with Crippen molar-refractivity contribution in [2.75, 3.05) is 21.1 Å². The van der Waals surface area contributed by atoms with Crippen LogP contribution in [0.15, 0.2) is 91.0 Å². The number of carbonyl (C=O) groups excluding carboxylic acids is 6. The van der Waals surface area contributed by atoms with Gasteiger partial charge < -0.3 is 28.9 Å². The van der Waals surface area contributed by atoms with E-state index in [1.54, 1.807) is 114 Å². The third-order valence-corrected chi connectivity index (χ3v) is 10.4. The lowest BCUT2D eigenvalue weighted by Crippen LogP contribution is -2.56. The monoisotopic (exact) mass is 783 g/mol. The Balaban J connectivity index is 1.88. The van der Waals surface area contributed by atoms with Crippen LogP contribution in [-0.2, 0) is 62.2 Å². The van der Waals surface area contributed by atoms with Crippen LogP contribution in [0.4, 0.5) is 0 Å². The number of amides is 3. The van der Waals surface area contributed by atoms with Crippen LogP contribution in [0, 0.1) is 17.8 Å². The van der Waals surface area contributed by atoms with Gasteiger partial charge in [0.15, 0.2) is 18.3 Å². The topological polar surface area (TPSA) is 140 Å². The Morgan fingerprint density at radius 1 is 0.404 bits per heavy atom. The second-order valence-corrected chi connectivity index (χ2v) is 15.8. The molecule has 0 aliphatic carbocycles. The molecule has 0 aromatic heterocycles. The smallest absolute Gasteiger partial charge is 0.329 e. The summed E-state index contributed by atoms with van der Waals surface area (Å²) in [4.78, 5) is 89.9. The number of cyclic esters (lactones) is 3. The van der Waals surface area contributed by atoms with Crippen molar-refractivity contribution in [3.05, 3.63) is 108 Å². The number of benzene rings is 3. The molecule has 0 spiro atoms. The van der Waals surface area contributed by atoms with Crippen LogP contribution < -0.4 is 0 Å². The number of esters is 3. The van der Waals surface area contributed by atoms with Crippen LogP contribution in [0.3, 0.4) is 0 Å². The Morgan fingerprint density at radius 3 is 0.807 bits per heavy atom. The van der Waals surface area contributed by atoms with Gasteiger partial charge in [-0.2, -0.15) is 0 Å². The summed E-state index contributed by atoms with van der Waals surface area (Å²) >= 11 is 0. The first-order valence-electron chi connectivity index (χ1n) is 19.5. The molecule has 0 radical (unpaired) electrons. The molecule has 3 aromatic carbocycles. The zero-order chi connectivity index (χ0) is 42.0. The van der Waals surface area contributed by atoms with E-state index in [0.29, 0.717) is 0 Å². The first kappa shape index (κ1) is 44.2. The minimum absolute atomic E-state index is 0.0307. The van der Waals surface area contributed by atoms with Gasteiger partial charge in [0.1, 0.15) is 18.1 Å². The first-order valence-corrected chi connectivity index (χ1v) is 19.5. The van der Waals surface area contributed by atoms with E-state index >= 15 is 0 Å². The molecule has 1 aliphatic rings. The lowest BCUT2D eigenvalue weighted by atomic mass is 9.99. The number of rotatable bonds is 9. The number of hydrogen-bond acceptors (Lipinski definition) is 9. The van der Waals surface area contributed by atoms with Gasteiger partial charge in [0.05, 0.1) is 0 Å². The molecule has 3 amide bonds. The van der Waals surface area contributed by atoms with Gasteiger partial charge in [-0.15, -0.1) is 0 Å². The average molecular weight is 784 g/mol. The van der Waals surface area contributed by atoms with Gasteiger partial charge >= 0.3 is 17.9 Å². The van der Waals surface area contributed by atoms with Crippen molar-refractivity contribution in [1.82, 2.24) is 14.7 Å². The maximum Gasteiger partial charge on any atom is 0.329 e. The van der Waals surface area contributed by atoms with Crippen molar-refractivity contribution >= 4 is 35.6 Å². The fourth-order valence-electron chi connectivity index (χ4n) is 6.74. The fraction of sp³-hybridized carbons (Fsp3) is 0.467. The molecular weight excluding hydrogens is 727 g/mol. The summed E-state index contributed by atoms with van der Waals surface area (Å²) in [5, 5.41) is 0. The van der Waals surface area contributed by atoms with E-state index in [0.717, 1.165) is 16.7 Å². The quantitative estimate of drug-likeness (QED) is 0.219. The number of ether oxygens (including phenoxy) is 3. The second kappa shape index (κ2) is 20.1. The normalized spacial score (nSPS) is 23.7. The van der Waals surface area contributed by atoms with E-state index in [9.17, 15) is 28.8 Å². The number of likely N-dealkylation sites (N-methyl/N-ethyl adjacent to an activating group) is 3. The molecule has 1 heterocycles. The molecule has 4 rings (SSSR count). The van der Waals surface area contributed by atoms with Crippen molar-refractivity contribution in [2.45, 2.75) is 97.2 Å². The fourth-order valence-corrected chi connectivity index (χ4v) is 6.74. The molecule has 3 aromatic rings. The highest BCUT2D eigenvalue weighted by Crippen LogP contribution is 2.24. The standard InChI is InChI=1S/C45H57N3O9/c1-28(2)37-40(49)46(7)35(26-32-21-15-11-16-22-32)44(53)56-39(30(5)6)42(51)48(9)36(27-33-23-17-12-18-24-33)45(54)57-38(29(3)4)41(50)47(8)34(43(52)55-37)25-31-19-13-10-14-20-31/h10-24,28-30,34-39H,25-27H2,1-9H3/t34-,35-,36+,37-,38+,39-/m0/s1. The summed E-state index contributed by atoms with van der Waals surface area (Å²) in [6.07, 6.45) is -3.99. The van der Waals surface area contributed by atoms with Crippen LogP contribution in [0.5, 0.6) is 0 Å². The maximum absolute atomic E-state index is 14.4. The van der Waals surface area contributed by atoms with Gasteiger partial charge in [-0.3, -0.25) is 14.4 Å². The molecule has 0 saturated carbocycles. The Hall–Kier alpha value is -5.52. The summed E-state index contributed by atoms with van der Waals surface area (Å²) in [7, 11) is 4.31. The Labute approximate surface area is 336 Å². The van der Waals surface area contributed by atoms with E-state index in [1.807, 2.05) is 18.2 Å². The average Bonchev–Trinajstić information content (AvgIpc) is 3.19. The first-order chi connectivity index (χ1) is 27.0. The summed E-state index contributed by atoms with van der Waals surface area (Å²) in [5.41, 5.74) is 2.16. The van der Waals surface area contributed by atoms with Crippen molar-refractivity contribution < 1.29 is 43.0 Å². The predicted molar refractivity (Wildman–Crippen MR) is 214 cm³/mol. The van der Waals surface area contributed by atoms with Crippen molar-refractivity contribution in [3.63, 3.8) is 0 Å². The SMILES string of the molecule is CC(C)[C@@H]1OC(=O)[C@H](Cc2ccccc2)N(C)C(=O)[C@H](C(C)C)OC(=O)[C@H](Cc2ccccc2)N(C)C(=O)[C@@H](C(C)C)OC(=O)[C@@H](Cc2ccccc2)N(C)C1=O. The molecule has 57 heavy (non-hydrogen) atoms. The molecule has 1 aliphatic heterocycles. The minimum atomic E-state index is -1.36. The zero-order valence-corrected chi connectivity index (χ0v) is 34.5. The number of nitrogens with zero attached hydrogens (tertiary/aromatic N) is 3. The van der Waals surface area contributed by atoms with Crippen LogP contribution in [0.25, 0.3) is 0 Å². The van der Waals surface area contributed by atoms with E-state index in [-0.39, 0.29) is 19.3 Å². The Bertz CT molecular complexity index is 1620. The van der Waals surface area contributed by atoms with Crippen LogP contribution in [-0.4, -0.2) is 108 Å². The molecule has 1 fully saturated rings. The molecule has 306 valence electrons. The highest BCUT2D eigenvalue weighted by atomic mass is 16.6. The molecule has 0 bridgehead atoms. The van der Waals surface area contributed by atoms with Gasteiger partial charge in [-0.05, 0) is 34.4 Å². The van der Waals surface area contributed by atoms with E-state index in [2.05, 4.69) is 0 Å². The van der Waals surface area contributed by atoms with Gasteiger partial charge in [-0.1, -0.05) is 133 Å². The lowest BCUT2D eigenvalue weighted by molar-refractivity contribution is -0.179. The van der Waals surface area contributed by atoms with E-state index in [1.165, 1.54) is 35.8 Å². The van der Waals surface area contributed by atoms with E-state index < -0.39 is 89.8 Å². The number of carbonyl (C=O) groups is 6. The highest BCUT2D eigenvalue weighted by Gasteiger charge is 2.44. The molecule has 6 atom stereocenters. The highest BCUT2D eigenvalue weighted by molar-refractivity contribution is 5.94. The van der Waals surface area contributed by atoms with Crippen molar-refractivity contribution in [3.8, 4) is 0 Å². The van der Waals surface area contributed by atoms with Gasteiger partial charge in [0.25, 0.3) is 17.7 Å². The van der Waals surface area contributed by atoms with Crippen molar-refractivity contribution in [2.24, 2.45) is 17.8 Å². The maximum atomic E-state index is 14.4. The predicted octanol–water partition coefficient (Wildman–Crippen LogP) is 4.91. The van der Waals surface area contributed by atoms with Gasteiger partial charge in [-0.25, -0.2) is 14.4 Å². The molecule has 0 unspecified atom stereocenters. The number of hydrogen-bond donors (Lipinski definition) is 0. The van der Waals surface area contributed by atoms with Crippen LogP contribution in [0.1, 0.15) is 58.2 Å². The van der Waals surface area contributed by atoms with Crippen LogP contribution >= 0.6 is 0 Å². The third-order valence-electron chi connectivity index (χ3n) is 10.4. The third kappa shape index (κ3) is 11.3. The molecule has 0 N–H and O–H groups in total. The summed E-state index contributed by atoms with van der Waals surface area (Å²) in [6.45, 7) is 10.3.